The lowest BCUT2D eigenvalue weighted by Crippen LogP contribution is -2.08. The Labute approximate surface area is 220 Å². The smallest absolute Gasteiger partial charge is 0.269 e. The third-order valence-electron chi connectivity index (χ3n) is 6.49. The van der Waals surface area contributed by atoms with Crippen LogP contribution in [0.4, 0.5) is 5.69 Å². The first kappa shape index (κ1) is 24.6. The molecule has 188 valence electrons. The van der Waals surface area contributed by atoms with Crippen molar-refractivity contribution < 1.29 is 14.4 Å². The summed E-state index contributed by atoms with van der Waals surface area (Å²) in [5.41, 5.74) is 6.24. The van der Waals surface area contributed by atoms with E-state index in [9.17, 15) is 10.1 Å². The fourth-order valence-corrected chi connectivity index (χ4v) is 4.69. The summed E-state index contributed by atoms with van der Waals surface area (Å²) in [6.45, 7) is 0. The van der Waals surface area contributed by atoms with Gasteiger partial charge < -0.3 is 9.47 Å². The zero-order valence-electron chi connectivity index (χ0n) is 20.9. The molecule has 0 aliphatic rings. The zero-order chi connectivity index (χ0) is 26.5. The Morgan fingerprint density at radius 2 is 1.24 bits per heavy atom. The van der Waals surface area contributed by atoms with Crippen LogP contribution in [-0.4, -0.2) is 29.1 Å². The SMILES string of the molecule is COc1ccc(-c2cccnc2)cc1C(c1cccc([N+](=O)[O-])c1)c1cc(-c2cccnc2)ccc1OC. The molecule has 5 rings (SSSR count). The number of ether oxygens (including phenoxy) is 2. The summed E-state index contributed by atoms with van der Waals surface area (Å²) in [5, 5.41) is 11.7. The molecule has 0 saturated heterocycles. The van der Waals surface area contributed by atoms with Gasteiger partial charge in [-0.25, -0.2) is 0 Å². The first-order valence-electron chi connectivity index (χ1n) is 12.0. The topological polar surface area (TPSA) is 87.4 Å². The van der Waals surface area contributed by atoms with Crippen LogP contribution in [0.15, 0.2) is 110 Å². The van der Waals surface area contributed by atoms with Crippen molar-refractivity contribution in [2.24, 2.45) is 0 Å². The molecule has 7 heteroatoms. The Morgan fingerprint density at radius 1 is 0.684 bits per heavy atom. The molecular formula is C31H25N3O4. The summed E-state index contributed by atoms with van der Waals surface area (Å²) < 4.78 is 11.7. The third kappa shape index (κ3) is 4.95. The molecule has 0 amide bonds. The molecule has 0 unspecified atom stereocenters. The van der Waals surface area contributed by atoms with Crippen LogP contribution in [0.5, 0.6) is 11.5 Å². The lowest BCUT2D eigenvalue weighted by molar-refractivity contribution is -0.384. The number of methoxy groups -OCH3 is 2. The van der Waals surface area contributed by atoms with Crippen LogP contribution in [0.25, 0.3) is 22.3 Å². The molecule has 5 aromatic rings. The molecule has 0 aliphatic heterocycles. The fraction of sp³-hybridized carbons (Fsp3) is 0.0968. The molecule has 0 aliphatic carbocycles. The van der Waals surface area contributed by atoms with Crippen molar-refractivity contribution in [1.29, 1.82) is 0 Å². The number of rotatable bonds is 8. The molecule has 2 aromatic heterocycles. The molecule has 7 nitrogen and oxygen atoms in total. The minimum absolute atomic E-state index is 0.0114. The standard InChI is InChI=1S/C31H25N3O4/c1-37-29-12-10-21(24-7-4-14-32-19-24)17-27(29)31(23-6-3-9-26(16-23)34(35)36)28-18-22(11-13-30(28)38-2)25-8-5-15-33-20-25/h3-20,31H,1-2H3. The van der Waals surface area contributed by atoms with Crippen LogP contribution in [0.1, 0.15) is 22.6 Å². The van der Waals surface area contributed by atoms with E-state index >= 15 is 0 Å². The molecule has 38 heavy (non-hydrogen) atoms. The minimum atomic E-state index is -0.437. The van der Waals surface area contributed by atoms with Crippen LogP contribution >= 0.6 is 0 Å². The monoisotopic (exact) mass is 503 g/mol. The maximum absolute atomic E-state index is 11.7. The molecule has 0 fully saturated rings. The first-order valence-corrected chi connectivity index (χ1v) is 12.0. The number of nitro benzene ring substituents is 1. The van der Waals surface area contributed by atoms with Crippen molar-refractivity contribution in [3.8, 4) is 33.8 Å². The molecule has 0 saturated carbocycles. The second-order valence-electron chi connectivity index (χ2n) is 8.68. The predicted molar refractivity (Wildman–Crippen MR) is 146 cm³/mol. The normalized spacial score (nSPS) is 10.8. The maximum Gasteiger partial charge on any atom is 0.269 e. The third-order valence-corrected chi connectivity index (χ3v) is 6.49. The number of nitrogens with zero attached hydrogens (tertiary/aromatic N) is 3. The first-order chi connectivity index (χ1) is 18.6. The van der Waals surface area contributed by atoms with Gasteiger partial charge in [-0.3, -0.25) is 20.1 Å². The molecular weight excluding hydrogens is 478 g/mol. The highest BCUT2D eigenvalue weighted by Gasteiger charge is 2.26. The van der Waals surface area contributed by atoms with E-state index in [0.717, 1.165) is 38.9 Å². The molecule has 0 spiro atoms. The number of benzene rings is 3. The van der Waals surface area contributed by atoms with E-state index in [1.54, 1.807) is 51.1 Å². The van der Waals surface area contributed by atoms with E-state index in [1.807, 2.05) is 54.6 Å². The predicted octanol–water partition coefficient (Wildman–Crippen LogP) is 6.92. The van der Waals surface area contributed by atoms with Gasteiger partial charge in [-0.05, 0) is 53.1 Å². The Bertz CT molecular complexity index is 1480. The van der Waals surface area contributed by atoms with Gasteiger partial charge in [0.2, 0.25) is 0 Å². The quantitative estimate of drug-likeness (QED) is 0.130. The lowest BCUT2D eigenvalue weighted by Gasteiger charge is -2.24. The van der Waals surface area contributed by atoms with Gasteiger partial charge in [0.25, 0.3) is 5.69 Å². The van der Waals surface area contributed by atoms with Gasteiger partial charge in [0.15, 0.2) is 0 Å². The highest BCUT2D eigenvalue weighted by Crippen LogP contribution is 2.44. The van der Waals surface area contributed by atoms with Gasteiger partial charge in [-0.2, -0.15) is 0 Å². The van der Waals surface area contributed by atoms with Crippen molar-refractivity contribution in [1.82, 2.24) is 9.97 Å². The highest BCUT2D eigenvalue weighted by molar-refractivity contribution is 5.70. The van der Waals surface area contributed by atoms with E-state index < -0.39 is 5.92 Å². The lowest BCUT2D eigenvalue weighted by atomic mass is 9.82. The van der Waals surface area contributed by atoms with Crippen molar-refractivity contribution in [2.45, 2.75) is 5.92 Å². The average Bonchev–Trinajstić information content (AvgIpc) is 2.98. The summed E-state index contributed by atoms with van der Waals surface area (Å²) in [6.07, 6.45) is 7.07. The van der Waals surface area contributed by atoms with E-state index in [4.69, 9.17) is 9.47 Å². The summed E-state index contributed by atoms with van der Waals surface area (Å²) in [4.78, 5) is 19.9. The Morgan fingerprint density at radius 3 is 1.68 bits per heavy atom. The largest absolute Gasteiger partial charge is 0.496 e. The minimum Gasteiger partial charge on any atom is -0.496 e. The number of hydrogen-bond acceptors (Lipinski definition) is 6. The van der Waals surface area contributed by atoms with Gasteiger partial charge in [0.05, 0.1) is 19.1 Å². The van der Waals surface area contributed by atoms with E-state index in [2.05, 4.69) is 22.1 Å². The maximum atomic E-state index is 11.7. The average molecular weight is 504 g/mol. The van der Waals surface area contributed by atoms with Gasteiger partial charge in [-0.1, -0.05) is 36.4 Å². The van der Waals surface area contributed by atoms with Gasteiger partial charge in [0.1, 0.15) is 11.5 Å². The Hall–Kier alpha value is -5.04. The molecule has 0 N–H and O–H groups in total. The van der Waals surface area contributed by atoms with Crippen molar-refractivity contribution in [3.63, 3.8) is 0 Å². The number of pyridine rings is 2. The van der Waals surface area contributed by atoms with Crippen LogP contribution in [0, 0.1) is 10.1 Å². The van der Waals surface area contributed by atoms with E-state index in [-0.39, 0.29) is 10.6 Å². The van der Waals surface area contributed by atoms with Crippen LogP contribution in [0.3, 0.4) is 0 Å². The van der Waals surface area contributed by atoms with Crippen molar-refractivity contribution in [2.75, 3.05) is 14.2 Å². The Kier molecular flexibility index (Phi) is 7.08. The summed E-state index contributed by atoms with van der Waals surface area (Å²) >= 11 is 0. The van der Waals surface area contributed by atoms with E-state index in [1.165, 1.54) is 6.07 Å². The van der Waals surface area contributed by atoms with Crippen LogP contribution < -0.4 is 9.47 Å². The van der Waals surface area contributed by atoms with Gasteiger partial charge >= 0.3 is 0 Å². The number of hydrogen-bond donors (Lipinski definition) is 0. The van der Waals surface area contributed by atoms with Gasteiger partial charge in [-0.15, -0.1) is 0 Å². The number of non-ortho nitro benzene ring substituents is 1. The Balaban J connectivity index is 1.79. The molecule has 2 heterocycles. The second-order valence-corrected chi connectivity index (χ2v) is 8.68. The summed E-state index contributed by atoms with van der Waals surface area (Å²) in [5.74, 6) is 0.874. The number of aromatic nitrogens is 2. The zero-order valence-corrected chi connectivity index (χ0v) is 20.9. The number of nitro groups is 1. The second kappa shape index (κ2) is 10.9. The molecule has 3 aromatic carbocycles. The highest BCUT2D eigenvalue weighted by atomic mass is 16.6. The molecule has 0 bridgehead atoms. The molecule has 0 atom stereocenters. The van der Waals surface area contributed by atoms with Crippen LogP contribution in [0.2, 0.25) is 0 Å². The summed E-state index contributed by atoms with van der Waals surface area (Å²) in [7, 11) is 3.24. The van der Waals surface area contributed by atoms with Crippen LogP contribution in [-0.2, 0) is 0 Å². The van der Waals surface area contributed by atoms with Crippen molar-refractivity contribution in [3.05, 3.63) is 137 Å². The van der Waals surface area contributed by atoms with Crippen molar-refractivity contribution >= 4 is 5.69 Å². The fourth-order valence-electron chi connectivity index (χ4n) is 4.69. The van der Waals surface area contributed by atoms with E-state index in [0.29, 0.717) is 11.5 Å². The molecule has 0 radical (unpaired) electrons. The van der Waals surface area contributed by atoms with Gasteiger partial charge in [0, 0.05) is 65.1 Å². The summed E-state index contributed by atoms with van der Waals surface area (Å²) in [6, 6.07) is 26.3.